The summed E-state index contributed by atoms with van der Waals surface area (Å²) in [5.41, 5.74) is 3.42. The van der Waals surface area contributed by atoms with Gasteiger partial charge >= 0.3 is 0 Å². The number of carbonyl (C=O) groups excluding carboxylic acids is 1. The molecule has 4 rings (SSSR count). The van der Waals surface area contributed by atoms with Crippen LogP contribution in [0.5, 0.6) is 0 Å². The maximum absolute atomic E-state index is 13.4. The molecule has 0 atom stereocenters. The lowest BCUT2D eigenvalue weighted by Gasteiger charge is -2.18. The maximum atomic E-state index is 13.4. The highest BCUT2D eigenvalue weighted by molar-refractivity contribution is 7.99. The number of carbonyl (C=O) groups is 1. The molecule has 0 fully saturated rings. The third kappa shape index (κ3) is 4.20. The number of hydrogen-bond acceptors (Lipinski definition) is 6. The minimum atomic E-state index is -0.198. The second-order valence-electron chi connectivity index (χ2n) is 7.54. The van der Waals surface area contributed by atoms with Crippen molar-refractivity contribution in [2.24, 2.45) is 0 Å². The largest absolute Gasteiger partial charge is 0.467 e. The maximum Gasteiger partial charge on any atom is 0.280 e. The number of nitrogens with zero attached hydrogens (tertiary/aromatic N) is 5. The minimum Gasteiger partial charge on any atom is -0.467 e. The highest BCUT2D eigenvalue weighted by Crippen LogP contribution is 2.23. The van der Waals surface area contributed by atoms with Crippen LogP contribution in [-0.4, -0.2) is 38.0 Å². The van der Waals surface area contributed by atoms with E-state index in [1.807, 2.05) is 51.1 Å². The molecule has 0 radical (unpaired) electrons. The van der Waals surface area contributed by atoms with Gasteiger partial charge in [0, 0.05) is 19.3 Å². The lowest BCUT2D eigenvalue weighted by atomic mass is 10.2. The number of hydrogen-bond donors (Lipinski definition) is 0. The van der Waals surface area contributed by atoms with Gasteiger partial charge in [-0.25, -0.2) is 4.98 Å². The molecule has 9 heteroatoms. The van der Waals surface area contributed by atoms with Gasteiger partial charge in [0.15, 0.2) is 10.7 Å². The van der Waals surface area contributed by atoms with Crippen molar-refractivity contribution in [2.45, 2.75) is 39.0 Å². The number of fused-ring (bicyclic) bond motifs is 1. The third-order valence-corrected chi connectivity index (χ3v) is 6.22. The molecule has 0 N–H and O–H groups in total. The molecular weight excluding hydrogens is 426 g/mol. The van der Waals surface area contributed by atoms with Gasteiger partial charge in [-0.1, -0.05) is 23.9 Å². The van der Waals surface area contributed by atoms with Gasteiger partial charge in [-0.3, -0.25) is 18.8 Å². The molecular formula is C23H25N5O3S. The molecule has 3 aromatic heterocycles. The van der Waals surface area contributed by atoms with Crippen molar-refractivity contribution in [3.05, 3.63) is 70.0 Å². The summed E-state index contributed by atoms with van der Waals surface area (Å²) in [5, 5.41) is 4.91. The van der Waals surface area contributed by atoms with Gasteiger partial charge < -0.3 is 9.32 Å². The molecule has 0 aliphatic rings. The molecule has 3 heterocycles. The quantitative estimate of drug-likeness (QED) is 0.315. The van der Waals surface area contributed by atoms with Crippen molar-refractivity contribution in [1.82, 2.24) is 19.3 Å². The van der Waals surface area contributed by atoms with E-state index in [1.54, 1.807) is 33.5 Å². The third-order valence-electron chi connectivity index (χ3n) is 5.26. The van der Waals surface area contributed by atoms with Gasteiger partial charge in [-0.2, -0.15) is 5.10 Å². The monoisotopic (exact) mass is 451 g/mol. The highest BCUT2D eigenvalue weighted by Gasteiger charge is 2.20. The second kappa shape index (κ2) is 9.04. The SMILES string of the molecule is CCn1nc(C)c2nc(SCC(=O)N(C)c3cccc(C)c3)n(Cc3ccco3)c(=O)c21. The predicted molar refractivity (Wildman–Crippen MR) is 125 cm³/mol. The van der Waals surface area contributed by atoms with Crippen molar-refractivity contribution in [3.63, 3.8) is 0 Å². The van der Waals surface area contributed by atoms with E-state index in [4.69, 9.17) is 9.40 Å². The summed E-state index contributed by atoms with van der Waals surface area (Å²) >= 11 is 1.24. The number of aryl methyl sites for hydroxylation is 3. The van der Waals surface area contributed by atoms with Crippen molar-refractivity contribution in [3.8, 4) is 0 Å². The summed E-state index contributed by atoms with van der Waals surface area (Å²) in [4.78, 5) is 32.6. The Morgan fingerprint density at radius 1 is 1.22 bits per heavy atom. The first-order chi connectivity index (χ1) is 15.4. The summed E-state index contributed by atoms with van der Waals surface area (Å²) in [7, 11) is 1.75. The van der Waals surface area contributed by atoms with E-state index >= 15 is 0 Å². The van der Waals surface area contributed by atoms with Crippen LogP contribution in [0.15, 0.2) is 57.0 Å². The molecule has 1 amide bonds. The molecule has 0 saturated carbocycles. The molecule has 0 aliphatic heterocycles. The zero-order chi connectivity index (χ0) is 22.8. The van der Waals surface area contributed by atoms with Gasteiger partial charge in [0.05, 0.1) is 24.3 Å². The van der Waals surface area contributed by atoms with E-state index in [1.165, 1.54) is 11.8 Å². The standard InChI is InChI=1S/C23H25N5O3S/c1-5-28-21-20(16(3)25-28)24-23(27(22(21)30)13-18-10-7-11-31-18)32-14-19(29)26(4)17-9-6-8-15(2)12-17/h6-12H,5,13-14H2,1-4H3. The van der Waals surface area contributed by atoms with Crippen LogP contribution >= 0.6 is 11.8 Å². The predicted octanol–water partition coefficient (Wildman–Crippen LogP) is 3.63. The van der Waals surface area contributed by atoms with Crippen LogP contribution in [0.2, 0.25) is 0 Å². The smallest absolute Gasteiger partial charge is 0.280 e. The van der Waals surface area contributed by atoms with Crippen LogP contribution in [0.1, 0.15) is 23.9 Å². The first-order valence-corrected chi connectivity index (χ1v) is 11.3. The molecule has 0 saturated heterocycles. The fraction of sp³-hybridized carbons (Fsp3) is 0.304. The zero-order valence-electron chi connectivity index (χ0n) is 18.5. The van der Waals surface area contributed by atoms with Crippen LogP contribution in [0, 0.1) is 13.8 Å². The first kappa shape index (κ1) is 21.9. The first-order valence-electron chi connectivity index (χ1n) is 10.4. The molecule has 0 bridgehead atoms. The van der Waals surface area contributed by atoms with Crippen LogP contribution in [-0.2, 0) is 17.9 Å². The summed E-state index contributed by atoms with van der Waals surface area (Å²) in [6.45, 7) is 6.55. The van der Waals surface area contributed by atoms with Gasteiger partial charge in [0.1, 0.15) is 11.3 Å². The fourth-order valence-corrected chi connectivity index (χ4v) is 4.43. The van der Waals surface area contributed by atoms with E-state index in [2.05, 4.69) is 5.10 Å². The van der Waals surface area contributed by atoms with Crippen LogP contribution in [0.3, 0.4) is 0 Å². The summed E-state index contributed by atoms with van der Waals surface area (Å²) < 4.78 is 8.68. The molecule has 8 nitrogen and oxygen atoms in total. The number of anilines is 1. The van der Waals surface area contributed by atoms with Crippen LogP contribution in [0.4, 0.5) is 5.69 Å². The van der Waals surface area contributed by atoms with E-state index < -0.39 is 0 Å². The summed E-state index contributed by atoms with van der Waals surface area (Å²) in [5.74, 6) is 0.694. The zero-order valence-corrected chi connectivity index (χ0v) is 19.3. The second-order valence-corrected chi connectivity index (χ2v) is 8.49. The van der Waals surface area contributed by atoms with Crippen molar-refractivity contribution >= 4 is 34.4 Å². The average molecular weight is 452 g/mol. The lowest BCUT2D eigenvalue weighted by Crippen LogP contribution is -2.29. The van der Waals surface area contributed by atoms with E-state index in [0.717, 1.165) is 11.3 Å². The average Bonchev–Trinajstić information content (AvgIpc) is 3.41. The number of aromatic nitrogens is 4. The van der Waals surface area contributed by atoms with Gasteiger partial charge in [-0.05, 0) is 50.6 Å². The Bertz CT molecular complexity index is 1320. The Morgan fingerprint density at radius 2 is 2.03 bits per heavy atom. The molecule has 0 aliphatic carbocycles. The number of amides is 1. The number of rotatable bonds is 7. The number of thioether (sulfide) groups is 1. The Labute approximate surface area is 189 Å². The van der Waals surface area contributed by atoms with Crippen molar-refractivity contribution in [2.75, 3.05) is 17.7 Å². The van der Waals surface area contributed by atoms with Crippen LogP contribution < -0.4 is 10.5 Å². The fourth-order valence-electron chi connectivity index (χ4n) is 3.53. The molecule has 0 unspecified atom stereocenters. The van der Waals surface area contributed by atoms with E-state index in [0.29, 0.717) is 34.2 Å². The molecule has 1 aromatic carbocycles. The lowest BCUT2D eigenvalue weighted by molar-refractivity contribution is -0.115. The van der Waals surface area contributed by atoms with Crippen molar-refractivity contribution in [1.29, 1.82) is 0 Å². The molecule has 166 valence electrons. The normalized spacial score (nSPS) is 11.2. The molecule has 4 aromatic rings. The topological polar surface area (TPSA) is 86.2 Å². The van der Waals surface area contributed by atoms with Gasteiger partial charge in [0.25, 0.3) is 5.56 Å². The Kier molecular flexibility index (Phi) is 6.18. The van der Waals surface area contributed by atoms with E-state index in [-0.39, 0.29) is 23.8 Å². The van der Waals surface area contributed by atoms with Crippen LogP contribution in [0.25, 0.3) is 11.0 Å². The molecule has 0 spiro atoms. The Hall–Kier alpha value is -3.33. The summed E-state index contributed by atoms with van der Waals surface area (Å²) in [6.07, 6.45) is 1.57. The van der Waals surface area contributed by atoms with Gasteiger partial charge in [-0.15, -0.1) is 0 Å². The van der Waals surface area contributed by atoms with Crippen molar-refractivity contribution < 1.29 is 9.21 Å². The number of furan rings is 1. The number of benzene rings is 1. The summed E-state index contributed by atoms with van der Waals surface area (Å²) in [6, 6.07) is 11.4. The Morgan fingerprint density at radius 3 is 2.72 bits per heavy atom. The van der Waals surface area contributed by atoms with Gasteiger partial charge in [0.2, 0.25) is 5.91 Å². The highest BCUT2D eigenvalue weighted by atomic mass is 32.2. The molecule has 32 heavy (non-hydrogen) atoms. The Balaban J connectivity index is 1.68. The van der Waals surface area contributed by atoms with E-state index in [9.17, 15) is 9.59 Å². The minimum absolute atomic E-state index is 0.0829.